The molecule has 2 heterocycles. The maximum absolute atomic E-state index is 14.6. The van der Waals surface area contributed by atoms with Gasteiger partial charge in [0.05, 0.1) is 46.6 Å². The number of nitrogens with zero attached hydrogens (tertiary/aromatic N) is 5. The van der Waals surface area contributed by atoms with Crippen LogP contribution in [-0.4, -0.2) is 86.5 Å². The maximum Gasteiger partial charge on any atom is 0.259 e. The Kier molecular flexibility index (Phi) is 9.63. The molecule has 0 radical (unpaired) electrons. The van der Waals surface area contributed by atoms with Crippen molar-refractivity contribution in [3.8, 4) is 17.3 Å². The molecule has 1 aliphatic heterocycles. The molecule has 11 nitrogen and oxygen atoms in total. The number of amides is 1. The quantitative estimate of drug-likeness (QED) is 0.355. The number of anilines is 1. The van der Waals surface area contributed by atoms with E-state index in [1.54, 1.807) is 18.2 Å². The molecular weight excluding hydrogens is 604 g/mol. The summed E-state index contributed by atoms with van der Waals surface area (Å²) in [5.74, 6) is -1.43. The summed E-state index contributed by atoms with van der Waals surface area (Å²) in [7, 11) is 1.33. The number of halogens is 3. The Labute approximate surface area is 256 Å². The zero-order valence-corrected chi connectivity index (χ0v) is 24.6. The minimum Gasteiger partial charge on any atom is -0.394 e. The molecular formula is C29H30Cl2FN5O6. The molecule has 7 atom stereocenters. The average Bonchev–Trinajstić information content (AvgIpc) is 3.48. The van der Waals surface area contributed by atoms with E-state index >= 15 is 0 Å². The summed E-state index contributed by atoms with van der Waals surface area (Å²) in [4.78, 5) is 15.7. The van der Waals surface area contributed by atoms with E-state index in [-0.39, 0.29) is 11.3 Å². The summed E-state index contributed by atoms with van der Waals surface area (Å²) >= 11 is 12.2. The minimum absolute atomic E-state index is 0.00932. The van der Waals surface area contributed by atoms with Gasteiger partial charge in [-0.2, -0.15) is 5.26 Å². The molecule has 1 saturated heterocycles. The first-order chi connectivity index (χ1) is 20.7. The molecule has 3 N–H and O–H groups in total. The van der Waals surface area contributed by atoms with Crippen LogP contribution in [0.3, 0.4) is 0 Å². The van der Waals surface area contributed by atoms with Crippen molar-refractivity contribution >= 4 is 34.8 Å². The van der Waals surface area contributed by atoms with E-state index in [0.717, 1.165) is 18.6 Å². The Bertz CT molecular complexity index is 1520. The van der Waals surface area contributed by atoms with Gasteiger partial charge in [0.2, 0.25) is 0 Å². The third-order valence-corrected chi connectivity index (χ3v) is 8.71. The van der Waals surface area contributed by atoms with Gasteiger partial charge in [-0.1, -0.05) is 47.3 Å². The number of hydrogen-bond donors (Lipinski definition) is 3. The lowest BCUT2D eigenvalue weighted by atomic mass is 9.88. The third-order valence-electron chi connectivity index (χ3n) is 7.97. The standard InChI is InChI=1S/C29H30Cl2FN5O6/c1-42-27-25(36-13-21(34-35-36)16-6-7-19(30)20(31)10-16)26(40)24(14-38)43-28(27)29(41)37(22-4-2-3-5-23(22)39)18-9-15(12-33)8-17(32)11-18/h6-11,13,22-28,38-40H,2-5,14H2,1H3/t22-,23-,24+,25-,26-,27+,28+/m0/s1. The fraction of sp³-hybridized carbons (Fsp3) is 0.448. The fourth-order valence-corrected chi connectivity index (χ4v) is 6.16. The van der Waals surface area contributed by atoms with Crippen LogP contribution in [0.1, 0.15) is 37.3 Å². The maximum atomic E-state index is 14.6. The first kappa shape index (κ1) is 31.3. The largest absolute Gasteiger partial charge is 0.394 e. The lowest BCUT2D eigenvalue weighted by molar-refractivity contribution is -0.211. The molecule has 1 aromatic heterocycles. The number of methoxy groups -OCH3 is 1. The average molecular weight is 634 g/mol. The van der Waals surface area contributed by atoms with Crippen LogP contribution >= 0.6 is 23.2 Å². The van der Waals surface area contributed by atoms with Crippen LogP contribution in [0.4, 0.5) is 10.1 Å². The Balaban J connectivity index is 1.55. The van der Waals surface area contributed by atoms with E-state index < -0.39 is 60.9 Å². The number of aromatic nitrogens is 3. The first-order valence-electron chi connectivity index (χ1n) is 13.7. The Morgan fingerprint density at radius 2 is 1.98 bits per heavy atom. The monoisotopic (exact) mass is 633 g/mol. The number of carbonyl (C=O) groups excluding carboxylic acids is 1. The van der Waals surface area contributed by atoms with Crippen LogP contribution in [0.15, 0.2) is 42.6 Å². The number of ether oxygens (including phenoxy) is 2. The number of hydrogen-bond acceptors (Lipinski definition) is 9. The number of nitriles is 1. The molecule has 3 aromatic rings. The zero-order valence-electron chi connectivity index (χ0n) is 23.1. The topological polar surface area (TPSA) is 154 Å². The summed E-state index contributed by atoms with van der Waals surface area (Å²) in [6.07, 6.45) is -2.30. The second kappa shape index (κ2) is 13.2. The molecule has 5 rings (SSSR count). The zero-order chi connectivity index (χ0) is 30.8. The second-order valence-corrected chi connectivity index (χ2v) is 11.4. The molecule has 0 spiro atoms. The van der Waals surface area contributed by atoms with Crippen molar-refractivity contribution in [1.29, 1.82) is 5.26 Å². The predicted octanol–water partition coefficient (Wildman–Crippen LogP) is 3.28. The third kappa shape index (κ3) is 6.25. The highest BCUT2D eigenvalue weighted by Crippen LogP contribution is 2.37. The van der Waals surface area contributed by atoms with Gasteiger partial charge < -0.3 is 29.7 Å². The number of aliphatic hydroxyl groups is 3. The molecule has 228 valence electrons. The SMILES string of the molecule is CO[C@@H]1[C@@H](n2cc(-c3ccc(Cl)c(Cl)c3)nn2)[C@@H](O)[C@@H](CO)O[C@H]1C(=O)N(c1cc(F)cc(C#N)c1)[C@H]1CCCC[C@@H]1O. The number of carbonyl (C=O) groups is 1. The van der Waals surface area contributed by atoms with Crippen molar-refractivity contribution in [3.63, 3.8) is 0 Å². The summed E-state index contributed by atoms with van der Waals surface area (Å²) in [6, 6.07) is 8.51. The summed E-state index contributed by atoms with van der Waals surface area (Å²) in [5, 5.41) is 50.8. The van der Waals surface area contributed by atoms with Crippen molar-refractivity contribution in [1.82, 2.24) is 15.0 Å². The smallest absolute Gasteiger partial charge is 0.259 e. The molecule has 2 aliphatic rings. The first-order valence-corrected chi connectivity index (χ1v) is 14.5. The van der Waals surface area contributed by atoms with Gasteiger partial charge in [-0.3, -0.25) is 4.79 Å². The van der Waals surface area contributed by atoms with Gasteiger partial charge in [0, 0.05) is 18.4 Å². The van der Waals surface area contributed by atoms with Gasteiger partial charge in [-0.25, -0.2) is 9.07 Å². The van der Waals surface area contributed by atoms with E-state index in [0.29, 0.717) is 40.6 Å². The van der Waals surface area contributed by atoms with Gasteiger partial charge in [-0.15, -0.1) is 5.10 Å². The fourth-order valence-electron chi connectivity index (χ4n) is 5.86. The molecule has 14 heteroatoms. The van der Waals surface area contributed by atoms with Gasteiger partial charge in [-0.05, 0) is 43.2 Å². The van der Waals surface area contributed by atoms with Crippen LogP contribution in [0.5, 0.6) is 0 Å². The molecule has 43 heavy (non-hydrogen) atoms. The molecule has 1 aliphatic carbocycles. The number of aliphatic hydroxyl groups excluding tert-OH is 3. The lowest BCUT2D eigenvalue weighted by Crippen LogP contribution is -2.63. The molecule has 0 bridgehead atoms. The van der Waals surface area contributed by atoms with E-state index in [9.17, 15) is 29.8 Å². The normalized spacial score (nSPS) is 27.4. The van der Waals surface area contributed by atoms with Gasteiger partial charge in [0.1, 0.15) is 35.9 Å². The van der Waals surface area contributed by atoms with Crippen LogP contribution < -0.4 is 4.90 Å². The van der Waals surface area contributed by atoms with E-state index in [1.165, 1.54) is 29.0 Å². The van der Waals surface area contributed by atoms with Crippen molar-refractivity contribution in [3.05, 3.63) is 64.0 Å². The van der Waals surface area contributed by atoms with E-state index in [4.69, 9.17) is 32.7 Å². The summed E-state index contributed by atoms with van der Waals surface area (Å²) in [6.45, 7) is -0.642. The minimum atomic E-state index is -1.43. The molecule has 1 saturated carbocycles. The lowest BCUT2D eigenvalue weighted by Gasteiger charge is -2.46. The molecule has 1 amide bonds. The van der Waals surface area contributed by atoms with Crippen molar-refractivity contribution in [2.75, 3.05) is 18.6 Å². The van der Waals surface area contributed by atoms with Gasteiger partial charge >= 0.3 is 0 Å². The van der Waals surface area contributed by atoms with Crippen LogP contribution in [0, 0.1) is 17.1 Å². The molecule has 0 unspecified atom stereocenters. The van der Waals surface area contributed by atoms with Crippen LogP contribution in [0.2, 0.25) is 10.0 Å². The predicted molar refractivity (Wildman–Crippen MR) is 154 cm³/mol. The highest BCUT2D eigenvalue weighted by atomic mass is 35.5. The Hall–Kier alpha value is -3.15. The van der Waals surface area contributed by atoms with E-state index in [2.05, 4.69) is 10.3 Å². The van der Waals surface area contributed by atoms with E-state index in [1.807, 2.05) is 6.07 Å². The summed E-state index contributed by atoms with van der Waals surface area (Å²) in [5.41, 5.74) is 1.05. The van der Waals surface area contributed by atoms with Crippen molar-refractivity contribution in [2.24, 2.45) is 0 Å². The molecule has 2 aromatic carbocycles. The number of rotatable bonds is 7. The van der Waals surface area contributed by atoms with Crippen LogP contribution in [0.25, 0.3) is 11.3 Å². The van der Waals surface area contributed by atoms with Crippen molar-refractivity contribution < 1.29 is 34.0 Å². The Morgan fingerprint density at radius 1 is 1.21 bits per heavy atom. The number of benzene rings is 2. The van der Waals surface area contributed by atoms with Crippen LogP contribution in [-0.2, 0) is 14.3 Å². The van der Waals surface area contributed by atoms with Crippen molar-refractivity contribution in [2.45, 2.75) is 68.3 Å². The summed E-state index contributed by atoms with van der Waals surface area (Å²) < 4.78 is 27.6. The highest BCUT2D eigenvalue weighted by Gasteiger charge is 2.52. The Morgan fingerprint density at radius 3 is 2.65 bits per heavy atom. The van der Waals surface area contributed by atoms with Gasteiger partial charge in [0.15, 0.2) is 6.10 Å². The highest BCUT2D eigenvalue weighted by molar-refractivity contribution is 6.42. The molecule has 2 fully saturated rings. The van der Waals surface area contributed by atoms with Gasteiger partial charge in [0.25, 0.3) is 5.91 Å². The second-order valence-electron chi connectivity index (χ2n) is 10.6.